The van der Waals surface area contributed by atoms with Gasteiger partial charge >= 0.3 is 6.18 Å². The molecule has 0 spiro atoms. The molecule has 0 atom stereocenters. The molecule has 4 rings (SSSR count). The van der Waals surface area contributed by atoms with E-state index in [1.165, 1.54) is 0 Å². The summed E-state index contributed by atoms with van der Waals surface area (Å²) in [6.07, 6.45) is -5.06. The van der Waals surface area contributed by atoms with Gasteiger partial charge in [-0.3, -0.25) is 0 Å². The van der Waals surface area contributed by atoms with Gasteiger partial charge in [0.1, 0.15) is 5.52 Å². The maximum Gasteiger partial charge on any atom is 0.419 e. The summed E-state index contributed by atoms with van der Waals surface area (Å²) < 4.78 is 68.3. The van der Waals surface area contributed by atoms with Crippen LogP contribution in [-0.4, -0.2) is 63.2 Å². The smallest absolute Gasteiger partial charge is 0.351 e. The summed E-state index contributed by atoms with van der Waals surface area (Å²) in [5.41, 5.74) is -2.55. The second kappa shape index (κ2) is 5.69. The largest absolute Gasteiger partial charge is 0.419 e. The minimum absolute atomic E-state index is 0.0844. The predicted octanol–water partition coefficient (Wildman–Crippen LogP) is 1.72. The summed E-state index contributed by atoms with van der Waals surface area (Å²) in [6, 6.07) is 0.470. The van der Waals surface area contributed by atoms with E-state index in [-0.39, 0.29) is 17.0 Å². The van der Waals surface area contributed by atoms with E-state index in [4.69, 9.17) is 0 Å². The Labute approximate surface area is 143 Å². The first kappa shape index (κ1) is 16.8. The lowest BCUT2D eigenvalue weighted by Crippen LogP contribution is -2.45. The Morgan fingerprint density at radius 2 is 1.73 bits per heavy atom. The van der Waals surface area contributed by atoms with Crippen LogP contribution >= 0.6 is 0 Å². The van der Waals surface area contributed by atoms with Crippen LogP contribution in [0.1, 0.15) is 5.56 Å². The van der Waals surface area contributed by atoms with Gasteiger partial charge in [0.2, 0.25) is 5.65 Å². The highest BCUT2D eigenvalue weighted by molar-refractivity contribution is 5.83. The molecule has 0 unspecified atom stereocenters. The molecule has 0 N–H and O–H groups in total. The van der Waals surface area contributed by atoms with Crippen LogP contribution in [0.4, 0.5) is 27.8 Å². The lowest BCUT2D eigenvalue weighted by Gasteiger charge is -2.33. The van der Waals surface area contributed by atoms with Crippen LogP contribution in [-0.2, 0) is 6.18 Å². The lowest BCUT2D eigenvalue weighted by atomic mass is 10.1. The minimum Gasteiger partial charge on any atom is -0.351 e. The number of fused-ring (bicyclic) bond motifs is 3. The van der Waals surface area contributed by atoms with Crippen molar-refractivity contribution in [3.05, 3.63) is 23.3 Å². The van der Waals surface area contributed by atoms with Gasteiger partial charge in [-0.15, -0.1) is 5.10 Å². The molecule has 0 aliphatic carbocycles. The van der Waals surface area contributed by atoms with Crippen molar-refractivity contribution in [1.82, 2.24) is 29.9 Å². The second-order valence-electron chi connectivity index (χ2n) is 6.06. The third-order valence-corrected chi connectivity index (χ3v) is 4.38. The number of rotatable bonds is 1. The van der Waals surface area contributed by atoms with Crippen molar-refractivity contribution in [1.29, 1.82) is 0 Å². The molecule has 12 heteroatoms. The van der Waals surface area contributed by atoms with Gasteiger partial charge in [-0.25, -0.2) is 13.8 Å². The molecule has 2 aromatic heterocycles. The Morgan fingerprint density at radius 1 is 1.04 bits per heavy atom. The molecule has 3 aromatic rings. The van der Waals surface area contributed by atoms with E-state index in [0.29, 0.717) is 32.2 Å². The number of halogens is 5. The molecule has 0 amide bonds. The predicted molar refractivity (Wildman–Crippen MR) is 80.7 cm³/mol. The van der Waals surface area contributed by atoms with Crippen molar-refractivity contribution < 1.29 is 22.0 Å². The highest BCUT2D eigenvalue weighted by atomic mass is 19.4. The van der Waals surface area contributed by atoms with Crippen LogP contribution in [0.25, 0.3) is 16.7 Å². The van der Waals surface area contributed by atoms with E-state index in [1.807, 2.05) is 7.05 Å². The zero-order chi connectivity index (χ0) is 18.6. The van der Waals surface area contributed by atoms with Crippen LogP contribution < -0.4 is 4.90 Å². The van der Waals surface area contributed by atoms with Gasteiger partial charge in [-0.1, -0.05) is 0 Å². The fourth-order valence-corrected chi connectivity index (χ4v) is 2.95. The van der Waals surface area contributed by atoms with Gasteiger partial charge in [-0.2, -0.15) is 17.7 Å². The fourth-order valence-electron chi connectivity index (χ4n) is 2.95. The van der Waals surface area contributed by atoms with Crippen LogP contribution in [0.5, 0.6) is 0 Å². The molecule has 7 nitrogen and oxygen atoms in total. The average Bonchev–Trinajstić information content (AvgIpc) is 3.07. The molecule has 0 bridgehead atoms. The molecule has 1 aromatic carbocycles. The lowest BCUT2D eigenvalue weighted by molar-refractivity contribution is -0.140. The normalized spacial score (nSPS) is 16.8. The van der Waals surface area contributed by atoms with E-state index in [0.717, 1.165) is 4.52 Å². The molecule has 1 aliphatic heterocycles. The summed E-state index contributed by atoms with van der Waals surface area (Å²) in [5.74, 6) is -3.47. The highest BCUT2D eigenvalue weighted by Gasteiger charge is 2.37. The average molecular weight is 373 g/mol. The van der Waals surface area contributed by atoms with Gasteiger partial charge in [0.25, 0.3) is 0 Å². The second-order valence-corrected chi connectivity index (χ2v) is 6.06. The van der Waals surface area contributed by atoms with Gasteiger partial charge in [0.05, 0.1) is 11.1 Å². The van der Waals surface area contributed by atoms with Crippen LogP contribution in [0, 0.1) is 11.6 Å². The van der Waals surface area contributed by atoms with E-state index in [2.05, 4.69) is 25.4 Å². The number of hydrogen-bond donors (Lipinski definition) is 0. The Morgan fingerprint density at radius 3 is 2.38 bits per heavy atom. The number of likely N-dealkylation sites (N-methyl/N-ethyl adjacent to an activating group) is 1. The fraction of sp³-hybridized carbons (Fsp3) is 0.429. The van der Waals surface area contributed by atoms with Crippen molar-refractivity contribution in [2.75, 3.05) is 38.1 Å². The molecule has 1 aliphatic rings. The third-order valence-electron chi connectivity index (χ3n) is 4.38. The van der Waals surface area contributed by atoms with Gasteiger partial charge in [0.15, 0.2) is 17.5 Å². The molecule has 26 heavy (non-hydrogen) atoms. The maximum absolute atomic E-state index is 14.4. The van der Waals surface area contributed by atoms with Crippen LogP contribution in [0.3, 0.4) is 0 Å². The standard InChI is InChI=1S/C14H12F5N7/c1-24-2-4-25(5-3-24)12-13-21-22-23-26(13)8-6-7(14(17,18)19)9(15)10(16)11(8)20-12/h6H,2-5H2,1H3. The minimum atomic E-state index is -5.06. The molecule has 1 saturated heterocycles. The maximum atomic E-state index is 14.4. The van der Waals surface area contributed by atoms with E-state index < -0.39 is 28.9 Å². The van der Waals surface area contributed by atoms with Crippen molar-refractivity contribution in [2.24, 2.45) is 0 Å². The molecule has 0 radical (unpaired) electrons. The zero-order valence-corrected chi connectivity index (χ0v) is 13.4. The molecule has 0 saturated carbocycles. The Kier molecular flexibility index (Phi) is 3.68. The van der Waals surface area contributed by atoms with E-state index in [1.54, 1.807) is 4.90 Å². The number of aromatic nitrogens is 5. The van der Waals surface area contributed by atoms with E-state index >= 15 is 0 Å². The number of hydrogen-bond acceptors (Lipinski definition) is 6. The van der Waals surface area contributed by atoms with Gasteiger partial charge < -0.3 is 9.80 Å². The first-order valence-electron chi connectivity index (χ1n) is 7.68. The first-order chi connectivity index (χ1) is 12.3. The topological polar surface area (TPSA) is 62.5 Å². The number of piperazine rings is 1. The van der Waals surface area contributed by atoms with Crippen molar-refractivity contribution in [3.8, 4) is 0 Å². The molecule has 1 fully saturated rings. The monoisotopic (exact) mass is 373 g/mol. The molecule has 138 valence electrons. The highest BCUT2D eigenvalue weighted by Crippen LogP contribution is 2.36. The zero-order valence-electron chi connectivity index (χ0n) is 13.4. The first-order valence-corrected chi connectivity index (χ1v) is 7.68. The summed E-state index contributed by atoms with van der Waals surface area (Å²) in [5, 5.41) is 10.9. The van der Waals surface area contributed by atoms with Crippen molar-refractivity contribution in [3.63, 3.8) is 0 Å². The van der Waals surface area contributed by atoms with Gasteiger partial charge in [-0.05, 0) is 23.5 Å². The number of benzene rings is 1. The number of nitrogens with zero attached hydrogens (tertiary/aromatic N) is 7. The Balaban J connectivity index is 1.99. The third kappa shape index (κ3) is 2.52. The summed E-state index contributed by atoms with van der Waals surface area (Å²) in [7, 11) is 1.94. The van der Waals surface area contributed by atoms with E-state index in [9.17, 15) is 22.0 Å². The van der Waals surface area contributed by atoms with Crippen LogP contribution in [0.15, 0.2) is 6.07 Å². The summed E-state index contributed by atoms with van der Waals surface area (Å²) >= 11 is 0. The summed E-state index contributed by atoms with van der Waals surface area (Å²) in [4.78, 5) is 7.94. The molecule has 3 heterocycles. The van der Waals surface area contributed by atoms with Gasteiger partial charge in [0, 0.05) is 26.2 Å². The van der Waals surface area contributed by atoms with Crippen molar-refractivity contribution in [2.45, 2.75) is 6.18 Å². The van der Waals surface area contributed by atoms with Crippen molar-refractivity contribution >= 4 is 22.5 Å². The number of alkyl halides is 3. The Bertz CT molecular complexity index is 991. The molecular weight excluding hydrogens is 361 g/mol. The quantitative estimate of drug-likeness (QED) is 0.606. The molecular formula is C14H12F5N7. The Hall–Kier alpha value is -2.63. The van der Waals surface area contributed by atoms with Crippen LogP contribution in [0.2, 0.25) is 0 Å². The number of anilines is 1. The number of tetrazole rings is 1. The SMILES string of the molecule is CN1CCN(c2nc3c(F)c(F)c(C(F)(F)F)cc3n3nnnc23)CC1. The summed E-state index contributed by atoms with van der Waals surface area (Å²) in [6.45, 7) is 2.50.